The highest BCUT2D eigenvalue weighted by atomic mass is 15.2. The third-order valence-electron chi connectivity index (χ3n) is 2.10. The second kappa shape index (κ2) is 7.56. The van der Waals surface area contributed by atoms with Gasteiger partial charge in [-0.25, -0.2) is 0 Å². The van der Waals surface area contributed by atoms with Crippen molar-refractivity contribution in [2.24, 2.45) is 5.92 Å². The summed E-state index contributed by atoms with van der Waals surface area (Å²) in [5, 5.41) is 3.15. The fraction of sp³-hybridized carbons (Fsp3) is 1.00. The van der Waals surface area contributed by atoms with Crippen LogP contribution < -0.4 is 5.32 Å². The molecule has 0 aromatic rings. The van der Waals surface area contributed by atoms with Gasteiger partial charge < -0.3 is 5.32 Å². The SMILES string of the molecule is CCCCC(C)CN(C)CNC. The van der Waals surface area contributed by atoms with Gasteiger partial charge >= 0.3 is 0 Å². The van der Waals surface area contributed by atoms with Crippen LogP contribution in [0.3, 0.4) is 0 Å². The first-order chi connectivity index (χ1) is 5.70. The quantitative estimate of drug-likeness (QED) is 0.590. The van der Waals surface area contributed by atoms with Crippen LogP contribution in [0.2, 0.25) is 0 Å². The molecule has 0 spiro atoms. The minimum Gasteiger partial charge on any atom is -0.307 e. The van der Waals surface area contributed by atoms with Crippen molar-refractivity contribution >= 4 is 0 Å². The summed E-state index contributed by atoms with van der Waals surface area (Å²) in [4.78, 5) is 2.33. The van der Waals surface area contributed by atoms with Gasteiger partial charge in [-0.15, -0.1) is 0 Å². The molecule has 0 radical (unpaired) electrons. The normalized spacial score (nSPS) is 13.8. The first-order valence-electron chi connectivity index (χ1n) is 5.03. The molecule has 2 heteroatoms. The maximum Gasteiger partial charge on any atom is 0.0475 e. The molecule has 0 saturated heterocycles. The lowest BCUT2D eigenvalue weighted by molar-refractivity contribution is 0.264. The van der Waals surface area contributed by atoms with Crippen LogP contribution in [-0.4, -0.2) is 32.2 Å². The molecular formula is C10H24N2. The van der Waals surface area contributed by atoms with E-state index in [1.165, 1.54) is 25.8 Å². The zero-order valence-corrected chi connectivity index (χ0v) is 9.06. The van der Waals surface area contributed by atoms with Crippen LogP contribution >= 0.6 is 0 Å². The van der Waals surface area contributed by atoms with E-state index < -0.39 is 0 Å². The van der Waals surface area contributed by atoms with Crippen LogP contribution in [0.4, 0.5) is 0 Å². The zero-order chi connectivity index (χ0) is 9.40. The fourth-order valence-electron chi connectivity index (χ4n) is 1.51. The molecule has 0 fully saturated rings. The van der Waals surface area contributed by atoms with Crippen LogP contribution in [0.1, 0.15) is 33.1 Å². The van der Waals surface area contributed by atoms with Crippen molar-refractivity contribution in [2.75, 3.05) is 27.3 Å². The summed E-state index contributed by atoms with van der Waals surface area (Å²) >= 11 is 0. The third-order valence-corrected chi connectivity index (χ3v) is 2.10. The van der Waals surface area contributed by atoms with E-state index in [9.17, 15) is 0 Å². The molecule has 0 rings (SSSR count). The first kappa shape index (κ1) is 11.9. The Morgan fingerprint density at radius 2 is 2.08 bits per heavy atom. The Labute approximate surface area is 77.3 Å². The van der Waals surface area contributed by atoms with Gasteiger partial charge in [0.1, 0.15) is 0 Å². The van der Waals surface area contributed by atoms with Crippen molar-refractivity contribution in [1.82, 2.24) is 10.2 Å². The zero-order valence-electron chi connectivity index (χ0n) is 9.06. The summed E-state index contributed by atoms with van der Waals surface area (Å²) in [7, 11) is 4.16. The first-order valence-corrected chi connectivity index (χ1v) is 5.03. The Kier molecular flexibility index (Phi) is 7.51. The lowest BCUT2D eigenvalue weighted by Crippen LogP contribution is -2.32. The molecule has 1 N–H and O–H groups in total. The highest BCUT2D eigenvalue weighted by molar-refractivity contribution is 4.57. The monoisotopic (exact) mass is 172 g/mol. The van der Waals surface area contributed by atoms with Gasteiger partial charge in [0.2, 0.25) is 0 Å². The molecule has 0 amide bonds. The molecule has 12 heavy (non-hydrogen) atoms. The van der Waals surface area contributed by atoms with E-state index in [2.05, 4.69) is 31.1 Å². The molecule has 0 heterocycles. The van der Waals surface area contributed by atoms with E-state index in [1.807, 2.05) is 7.05 Å². The molecular weight excluding hydrogens is 148 g/mol. The van der Waals surface area contributed by atoms with Crippen molar-refractivity contribution in [3.8, 4) is 0 Å². The van der Waals surface area contributed by atoms with Crippen LogP contribution in [0, 0.1) is 5.92 Å². The number of nitrogens with one attached hydrogen (secondary N) is 1. The minimum atomic E-state index is 0.836. The van der Waals surface area contributed by atoms with E-state index >= 15 is 0 Å². The number of nitrogens with zero attached hydrogens (tertiary/aromatic N) is 1. The molecule has 0 aliphatic rings. The predicted octanol–water partition coefficient (Wildman–Crippen LogP) is 1.92. The van der Waals surface area contributed by atoms with E-state index in [0.29, 0.717) is 0 Å². The van der Waals surface area contributed by atoms with Crippen molar-refractivity contribution < 1.29 is 0 Å². The molecule has 1 atom stereocenters. The Morgan fingerprint density at radius 1 is 1.42 bits per heavy atom. The van der Waals surface area contributed by atoms with Crippen LogP contribution in [0.15, 0.2) is 0 Å². The van der Waals surface area contributed by atoms with Crippen LogP contribution in [-0.2, 0) is 0 Å². The van der Waals surface area contributed by atoms with Gasteiger partial charge in [-0.3, -0.25) is 4.90 Å². The summed E-state index contributed by atoms with van der Waals surface area (Å²) in [5.74, 6) is 0.836. The molecule has 0 saturated carbocycles. The summed E-state index contributed by atoms with van der Waals surface area (Å²) in [6, 6.07) is 0. The topological polar surface area (TPSA) is 15.3 Å². The molecule has 0 aliphatic heterocycles. The number of rotatable bonds is 7. The molecule has 2 nitrogen and oxygen atoms in total. The van der Waals surface area contributed by atoms with Gasteiger partial charge in [0.05, 0.1) is 0 Å². The molecule has 0 aromatic carbocycles. The molecule has 0 aromatic heterocycles. The second-order valence-corrected chi connectivity index (χ2v) is 3.80. The Hall–Kier alpha value is -0.0800. The standard InChI is InChI=1S/C10H24N2/c1-5-6-7-10(2)8-12(4)9-11-3/h10-11H,5-9H2,1-4H3. The van der Waals surface area contributed by atoms with E-state index in [1.54, 1.807) is 0 Å². The minimum absolute atomic E-state index is 0.836. The van der Waals surface area contributed by atoms with Crippen LogP contribution in [0.5, 0.6) is 0 Å². The predicted molar refractivity (Wildman–Crippen MR) is 55.2 cm³/mol. The maximum absolute atomic E-state index is 3.15. The lowest BCUT2D eigenvalue weighted by atomic mass is 10.0. The lowest BCUT2D eigenvalue weighted by Gasteiger charge is -2.20. The van der Waals surface area contributed by atoms with Gasteiger partial charge in [-0.05, 0) is 26.4 Å². The number of unbranched alkanes of at least 4 members (excludes halogenated alkanes) is 1. The summed E-state index contributed by atoms with van der Waals surface area (Å²) < 4.78 is 0. The second-order valence-electron chi connectivity index (χ2n) is 3.80. The van der Waals surface area contributed by atoms with Crippen molar-refractivity contribution in [1.29, 1.82) is 0 Å². The Bertz CT molecular complexity index is 93.8. The van der Waals surface area contributed by atoms with Crippen molar-refractivity contribution in [3.63, 3.8) is 0 Å². The molecule has 0 bridgehead atoms. The van der Waals surface area contributed by atoms with Gasteiger partial charge in [-0.2, -0.15) is 0 Å². The number of hydrogen-bond donors (Lipinski definition) is 1. The smallest absolute Gasteiger partial charge is 0.0475 e. The van der Waals surface area contributed by atoms with Gasteiger partial charge in [-0.1, -0.05) is 26.7 Å². The largest absolute Gasteiger partial charge is 0.307 e. The molecule has 0 aliphatic carbocycles. The fourth-order valence-corrected chi connectivity index (χ4v) is 1.51. The molecule has 1 unspecified atom stereocenters. The number of hydrogen-bond acceptors (Lipinski definition) is 2. The summed E-state index contributed by atoms with van der Waals surface area (Å²) in [6.07, 6.45) is 4.05. The maximum atomic E-state index is 3.15. The Morgan fingerprint density at radius 3 is 2.58 bits per heavy atom. The van der Waals surface area contributed by atoms with E-state index in [-0.39, 0.29) is 0 Å². The van der Waals surface area contributed by atoms with Gasteiger partial charge in [0.15, 0.2) is 0 Å². The summed E-state index contributed by atoms with van der Waals surface area (Å²) in [6.45, 7) is 6.79. The van der Waals surface area contributed by atoms with Gasteiger partial charge in [0.25, 0.3) is 0 Å². The van der Waals surface area contributed by atoms with Crippen LogP contribution in [0.25, 0.3) is 0 Å². The average molecular weight is 172 g/mol. The van der Waals surface area contributed by atoms with Gasteiger partial charge in [0, 0.05) is 13.2 Å². The van der Waals surface area contributed by atoms with E-state index in [0.717, 1.165) is 12.6 Å². The molecule has 74 valence electrons. The van der Waals surface area contributed by atoms with E-state index in [4.69, 9.17) is 0 Å². The summed E-state index contributed by atoms with van der Waals surface area (Å²) in [5.41, 5.74) is 0. The highest BCUT2D eigenvalue weighted by Crippen LogP contribution is 2.07. The van der Waals surface area contributed by atoms with Crippen molar-refractivity contribution in [3.05, 3.63) is 0 Å². The highest BCUT2D eigenvalue weighted by Gasteiger charge is 2.04. The van der Waals surface area contributed by atoms with Crippen molar-refractivity contribution in [2.45, 2.75) is 33.1 Å². The average Bonchev–Trinajstić information content (AvgIpc) is 2.01. The third kappa shape index (κ3) is 6.62. The Balaban J connectivity index is 3.33.